The average molecular weight is 243 g/mol. The van der Waals surface area contributed by atoms with Crippen LogP contribution in [0.4, 0.5) is 4.39 Å². The summed E-state index contributed by atoms with van der Waals surface area (Å²) < 4.78 is 14.5. The molecule has 1 heterocycles. The van der Waals surface area contributed by atoms with Crippen LogP contribution in [0.5, 0.6) is 0 Å². The monoisotopic (exact) mass is 243 g/mol. The molecule has 0 aliphatic heterocycles. The SMILES string of the molecule is Cc1c[s+](-c2ccccc2)c2cc(F)ccc12. The van der Waals surface area contributed by atoms with Crippen molar-refractivity contribution in [1.82, 2.24) is 0 Å². The first kappa shape index (κ1) is 10.5. The Morgan fingerprint density at radius 1 is 1.00 bits per heavy atom. The van der Waals surface area contributed by atoms with E-state index in [4.69, 9.17) is 0 Å². The maximum atomic E-state index is 13.4. The fourth-order valence-electron chi connectivity index (χ4n) is 2.07. The normalized spacial score (nSPS) is 12.0. The van der Waals surface area contributed by atoms with Crippen molar-refractivity contribution in [2.75, 3.05) is 0 Å². The molecular formula is C15H12FS+. The van der Waals surface area contributed by atoms with Crippen molar-refractivity contribution in [3.05, 3.63) is 65.3 Å². The van der Waals surface area contributed by atoms with Crippen molar-refractivity contribution in [3.63, 3.8) is 0 Å². The lowest BCUT2D eigenvalue weighted by Gasteiger charge is -1.91. The van der Waals surface area contributed by atoms with Crippen molar-refractivity contribution in [2.45, 2.75) is 6.92 Å². The van der Waals surface area contributed by atoms with Crippen molar-refractivity contribution in [1.29, 1.82) is 0 Å². The number of benzene rings is 2. The second kappa shape index (κ2) is 3.97. The van der Waals surface area contributed by atoms with Crippen LogP contribution in [0.1, 0.15) is 5.56 Å². The van der Waals surface area contributed by atoms with Gasteiger partial charge >= 0.3 is 0 Å². The molecule has 0 bridgehead atoms. The van der Waals surface area contributed by atoms with Gasteiger partial charge in [0.25, 0.3) is 0 Å². The van der Waals surface area contributed by atoms with Crippen LogP contribution in [0.25, 0.3) is 15.0 Å². The van der Waals surface area contributed by atoms with E-state index >= 15 is 0 Å². The Morgan fingerprint density at radius 3 is 2.53 bits per heavy atom. The van der Waals surface area contributed by atoms with Crippen LogP contribution in [-0.4, -0.2) is 0 Å². The van der Waals surface area contributed by atoms with Crippen LogP contribution < -0.4 is 0 Å². The molecule has 1 unspecified atom stereocenters. The smallest absolute Gasteiger partial charge is 0.189 e. The molecule has 2 heteroatoms. The molecule has 0 nitrogen and oxygen atoms in total. The fraction of sp³-hybridized carbons (Fsp3) is 0.0667. The summed E-state index contributed by atoms with van der Waals surface area (Å²) in [5, 5.41) is 3.41. The van der Waals surface area contributed by atoms with E-state index in [2.05, 4.69) is 24.4 Å². The molecule has 2 aromatic carbocycles. The predicted octanol–water partition coefficient (Wildman–Crippen LogP) is 5.03. The lowest BCUT2D eigenvalue weighted by atomic mass is 10.2. The molecule has 84 valence electrons. The molecule has 0 N–H and O–H groups in total. The van der Waals surface area contributed by atoms with Crippen molar-refractivity contribution in [3.8, 4) is 4.90 Å². The maximum absolute atomic E-state index is 13.4. The van der Waals surface area contributed by atoms with Gasteiger partial charge in [0, 0.05) is 27.5 Å². The Kier molecular flexibility index (Phi) is 2.45. The first-order valence-electron chi connectivity index (χ1n) is 5.52. The highest BCUT2D eigenvalue weighted by atomic mass is 32.2. The number of fused-ring (bicyclic) bond motifs is 1. The van der Waals surface area contributed by atoms with E-state index in [1.54, 1.807) is 6.07 Å². The standard InChI is InChI=1S/C15H12FS/c1-11-10-17(13-5-3-2-4-6-13)15-9-12(16)7-8-14(11)15/h2-10H,1H3/q+1. The second-order valence-corrected chi connectivity index (χ2v) is 5.91. The quantitative estimate of drug-likeness (QED) is 0.526. The lowest BCUT2D eigenvalue weighted by molar-refractivity contribution is 0.630. The van der Waals surface area contributed by atoms with Crippen molar-refractivity contribution >= 4 is 20.6 Å². The number of aryl methyl sites for hydroxylation is 1. The Balaban J connectivity index is 2.34. The Hall–Kier alpha value is -1.67. The third kappa shape index (κ3) is 1.75. The highest BCUT2D eigenvalue weighted by Gasteiger charge is 2.18. The molecule has 3 rings (SSSR count). The molecule has 3 aromatic rings. The van der Waals surface area contributed by atoms with E-state index < -0.39 is 0 Å². The van der Waals surface area contributed by atoms with E-state index in [1.807, 2.05) is 24.3 Å². The van der Waals surface area contributed by atoms with Gasteiger partial charge in [0.2, 0.25) is 0 Å². The predicted molar refractivity (Wildman–Crippen MR) is 72.5 cm³/mol. The van der Waals surface area contributed by atoms with Gasteiger partial charge in [-0.15, -0.1) is 0 Å². The molecule has 0 amide bonds. The number of rotatable bonds is 1. The molecule has 0 spiro atoms. The van der Waals surface area contributed by atoms with Gasteiger partial charge in [0.1, 0.15) is 11.2 Å². The molecule has 0 aliphatic rings. The van der Waals surface area contributed by atoms with Crippen LogP contribution in [0.3, 0.4) is 0 Å². The minimum absolute atomic E-state index is 0.108. The average Bonchev–Trinajstić information content (AvgIpc) is 2.67. The van der Waals surface area contributed by atoms with Gasteiger partial charge in [0.15, 0.2) is 9.60 Å². The third-order valence-electron chi connectivity index (χ3n) is 2.90. The van der Waals surface area contributed by atoms with Crippen LogP contribution in [-0.2, 0) is 0 Å². The minimum Gasteiger partial charge on any atom is -0.207 e. The van der Waals surface area contributed by atoms with Gasteiger partial charge in [0.05, 0.1) is 0 Å². The minimum atomic E-state index is -0.153. The number of hydrogen-bond acceptors (Lipinski definition) is 0. The summed E-state index contributed by atoms with van der Waals surface area (Å²) >= 11 is 0. The van der Waals surface area contributed by atoms with Crippen LogP contribution in [0, 0.1) is 12.7 Å². The van der Waals surface area contributed by atoms with E-state index in [1.165, 1.54) is 21.9 Å². The summed E-state index contributed by atoms with van der Waals surface area (Å²) in [5.74, 6) is -0.153. The molecule has 0 saturated carbocycles. The number of thiophene rings is 1. The zero-order valence-electron chi connectivity index (χ0n) is 9.48. The van der Waals surface area contributed by atoms with Gasteiger partial charge < -0.3 is 0 Å². The zero-order valence-corrected chi connectivity index (χ0v) is 10.3. The molecule has 1 aromatic heterocycles. The number of hydrogen-bond donors (Lipinski definition) is 0. The maximum Gasteiger partial charge on any atom is 0.189 e. The van der Waals surface area contributed by atoms with Gasteiger partial charge in [-0.3, -0.25) is 0 Å². The Bertz CT molecular complexity index is 668. The molecule has 0 fully saturated rings. The summed E-state index contributed by atoms with van der Waals surface area (Å²) in [5.41, 5.74) is 1.24. The second-order valence-electron chi connectivity index (χ2n) is 4.09. The highest BCUT2D eigenvalue weighted by molar-refractivity contribution is 7.43. The molecule has 0 saturated heterocycles. The van der Waals surface area contributed by atoms with E-state index in [9.17, 15) is 4.39 Å². The Labute approximate surface area is 102 Å². The van der Waals surface area contributed by atoms with Gasteiger partial charge in [-0.05, 0) is 31.2 Å². The molecule has 0 radical (unpaired) electrons. The number of halogens is 1. The fourth-order valence-corrected chi connectivity index (χ4v) is 4.22. The van der Waals surface area contributed by atoms with E-state index in [0.29, 0.717) is 0 Å². The summed E-state index contributed by atoms with van der Waals surface area (Å²) in [6.07, 6.45) is 0. The van der Waals surface area contributed by atoms with Crippen LogP contribution in [0.15, 0.2) is 53.9 Å². The first-order chi connectivity index (χ1) is 8.25. The largest absolute Gasteiger partial charge is 0.207 e. The lowest BCUT2D eigenvalue weighted by Crippen LogP contribution is -1.73. The summed E-state index contributed by atoms with van der Waals surface area (Å²) in [6.45, 7) is 2.09. The van der Waals surface area contributed by atoms with Crippen LogP contribution >= 0.6 is 10.5 Å². The molecule has 0 aliphatic carbocycles. The van der Waals surface area contributed by atoms with Gasteiger partial charge in [-0.2, -0.15) is 0 Å². The first-order valence-corrected chi connectivity index (χ1v) is 6.81. The van der Waals surface area contributed by atoms with Gasteiger partial charge in [-0.1, -0.05) is 18.2 Å². The van der Waals surface area contributed by atoms with E-state index in [-0.39, 0.29) is 16.3 Å². The van der Waals surface area contributed by atoms with Crippen LogP contribution in [0.2, 0.25) is 0 Å². The van der Waals surface area contributed by atoms with Crippen molar-refractivity contribution in [2.24, 2.45) is 0 Å². The van der Waals surface area contributed by atoms with Gasteiger partial charge in [-0.25, -0.2) is 4.39 Å². The van der Waals surface area contributed by atoms with E-state index in [0.717, 1.165) is 4.70 Å². The zero-order chi connectivity index (χ0) is 11.8. The molecule has 1 atom stereocenters. The summed E-state index contributed by atoms with van der Waals surface area (Å²) in [6, 6.07) is 15.4. The summed E-state index contributed by atoms with van der Waals surface area (Å²) in [7, 11) is -0.108. The summed E-state index contributed by atoms with van der Waals surface area (Å²) in [4.78, 5) is 1.25. The highest BCUT2D eigenvalue weighted by Crippen LogP contribution is 2.41. The molecular weight excluding hydrogens is 231 g/mol. The topological polar surface area (TPSA) is 0 Å². The third-order valence-corrected chi connectivity index (χ3v) is 5.08. The molecule has 17 heavy (non-hydrogen) atoms. The van der Waals surface area contributed by atoms with Crippen molar-refractivity contribution < 1.29 is 4.39 Å². The Morgan fingerprint density at radius 2 is 1.76 bits per heavy atom.